The highest BCUT2D eigenvalue weighted by molar-refractivity contribution is 7.11. The van der Waals surface area contributed by atoms with Crippen molar-refractivity contribution < 1.29 is 0 Å². The molecule has 3 heteroatoms. The van der Waals surface area contributed by atoms with E-state index >= 15 is 0 Å². The molecule has 0 saturated heterocycles. The van der Waals surface area contributed by atoms with Crippen LogP contribution in [0, 0.1) is 6.92 Å². The number of hydrogen-bond acceptors (Lipinski definition) is 3. The molecule has 2 aromatic rings. The van der Waals surface area contributed by atoms with Gasteiger partial charge in [0.1, 0.15) is 5.01 Å². The molecule has 4 rings (SSSR count). The predicted octanol–water partition coefficient (Wildman–Crippen LogP) is 4.17. The lowest BCUT2D eigenvalue weighted by molar-refractivity contribution is 0.594. The number of thiazole rings is 1. The molecule has 1 N–H and O–H groups in total. The summed E-state index contributed by atoms with van der Waals surface area (Å²) in [6, 6.07) is 9.86. The summed E-state index contributed by atoms with van der Waals surface area (Å²) in [6.45, 7) is 2.17. The fourth-order valence-corrected chi connectivity index (χ4v) is 4.38. The second-order valence-electron chi connectivity index (χ2n) is 6.42. The molecule has 2 aliphatic rings. The normalized spacial score (nSPS) is 19.3. The van der Waals surface area contributed by atoms with E-state index in [2.05, 4.69) is 36.5 Å². The van der Waals surface area contributed by atoms with E-state index in [9.17, 15) is 0 Å². The van der Waals surface area contributed by atoms with Crippen molar-refractivity contribution in [1.82, 2.24) is 10.3 Å². The first-order valence-electron chi connectivity index (χ1n) is 8.11. The highest BCUT2D eigenvalue weighted by Crippen LogP contribution is 2.35. The maximum absolute atomic E-state index is 4.99. The molecule has 1 heterocycles. The van der Waals surface area contributed by atoms with Gasteiger partial charge in [-0.1, -0.05) is 29.8 Å². The van der Waals surface area contributed by atoms with Gasteiger partial charge in [0.25, 0.3) is 0 Å². The van der Waals surface area contributed by atoms with Gasteiger partial charge in [0.05, 0.1) is 11.7 Å². The second kappa shape index (κ2) is 5.54. The Morgan fingerprint density at radius 2 is 2.10 bits per heavy atom. The molecule has 1 unspecified atom stereocenters. The number of aryl methyl sites for hydroxylation is 3. The highest BCUT2D eigenvalue weighted by atomic mass is 32.1. The van der Waals surface area contributed by atoms with Crippen molar-refractivity contribution in [3.8, 4) is 0 Å². The minimum atomic E-state index is 0.285. The zero-order chi connectivity index (χ0) is 14.2. The van der Waals surface area contributed by atoms with Crippen LogP contribution in [-0.4, -0.2) is 11.0 Å². The van der Waals surface area contributed by atoms with Gasteiger partial charge >= 0.3 is 0 Å². The third kappa shape index (κ3) is 2.90. The Labute approximate surface area is 130 Å². The molecule has 2 nitrogen and oxygen atoms in total. The van der Waals surface area contributed by atoms with Gasteiger partial charge < -0.3 is 5.32 Å². The zero-order valence-corrected chi connectivity index (χ0v) is 13.4. The summed E-state index contributed by atoms with van der Waals surface area (Å²) in [7, 11) is 0. The van der Waals surface area contributed by atoms with E-state index < -0.39 is 0 Å². The van der Waals surface area contributed by atoms with Crippen LogP contribution in [0.4, 0.5) is 0 Å². The van der Waals surface area contributed by atoms with Crippen LogP contribution >= 0.6 is 11.3 Å². The van der Waals surface area contributed by atoms with E-state index in [0.29, 0.717) is 6.04 Å². The lowest BCUT2D eigenvalue weighted by atomic mass is 10.0. The molecule has 1 aromatic carbocycles. The van der Waals surface area contributed by atoms with Gasteiger partial charge in [0.2, 0.25) is 0 Å². The summed E-state index contributed by atoms with van der Waals surface area (Å²) in [5.41, 5.74) is 4.07. The van der Waals surface area contributed by atoms with Crippen molar-refractivity contribution in [3.63, 3.8) is 0 Å². The van der Waals surface area contributed by atoms with Gasteiger partial charge in [0, 0.05) is 10.9 Å². The SMILES string of the molecule is Cc1cccc(C(NC2CC2)c2nc3c(s2)CCCC3)c1. The van der Waals surface area contributed by atoms with E-state index in [4.69, 9.17) is 4.98 Å². The predicted molar refractivity (Wildman–Crippen MR) is 87.9 cm³/mol. The Hall–Kier alpha value is -1.19. The van der Waals surface area contributed by atoms with Crippen molar-refractivity contribution >= 4 is 11.3 Å². The van der Waals surface area contributed by atoms with Crippen molar-refractivity contribution in [3.05, 3.63) is 51.0 Å². The number of nitrogens with zero attached hydrogens (tertiary/aromatic N) is 1. The van der Waals surface area contributed by atoms with E-state index in [1.54, 1.807) is 0 Å². The number of fused-ring (bicyclic) bond motifs is 1. The molecule has 0 radical (unpaired) electrons. The van der Waals surface area contributed by atoms with Gasteiger partial charge in [-0.25, -0.2) is 4.98 Å². The van der Waals surface area contributed by atoms with Crippen molar-refractivity contribution in [2.75, 3.05) is 0 Å². The van der Waals surface area contributed by atoms with Crippen LogP contribution in [0.3, 0.4) is 0 Å². The van der Waals surface area contributed by atoms with Gasteiger partial charge in [0.15, 0.2) is 0 Å². The highest BCUT2D eigenvalue weighted by Gasteiger charge is 2.29. The average Bonchev–Trinajstić information content (AvgIpc) is 3.21. The van der Waals surface area contributed by atoms with Gasteiger partial charge in [-0.2, -0.15) is 0 Å². The minimum Gasteiger partial charge on any atom is -0.301 e. The van der Waals surface area contributed by atoms with Crippen LogP contribution in [0.5, 0.6) is 0 Å². The molecule has 2 aliphatic carbocycles. The zero-order valence-electron chi connectivity index (χ0n) is 12.6. The largest absolute Gasteiger partial charge is 0.301 e. The molecule has 21 heavy (non-hydrogen) atoms. The molecule has 0 bridgehead atoms. The Balaban J connectivity index is 1.69. The minimum absolute atomic E-state index is 0.285. The fraction of sp³-hybridized carbons (Fsp3) is 0.500. The molecular formula is C18H22N2S. The standard InChI is InChI=1S/C18H22N2S/c1-12-5-4-6-13(11-12)17(19-14-9-10-14)18-20-15-7-2-3-8-16(15)21-18/h4-6,11,14,17,19H,2-3,7-10H2,1H3. The molecule has 0 aliphatic heterocycles. The summed E-state index contributed by atoms with van der Waals surface area (Å²) in [5.74, 6) is 0. The van der Waals surface area contributed by atoms with Crippen LogP contribution in [0.1, 0.15) is 58.4 Å². The number of nitrogens with one attached hydrogen (secondary N) is 1. The van der Waals surface area contributed by atoms with E-state index in [-0.39, 0.29) is 6.04 Å². The first kappa shape index (κ1) is 13.5. The third-order valence-electron chi connectivity index (χ3n) is 4.46. The van der Waals surface area contributed by atoms with Crippen molar-refractivity contribution in [2.45, 2.75) is 57.5 Å². The molecule has 110 valence electrons. The smallest absolute Gasteiger partial charge is 0.115 e. The number of rotatable bonds is 4. The van der Waals surface area contributed by atoms with Crippen LogP contribution < -0.4 is 5.32 Å². The van der Waals surface area contributed by atoms with Gasteiger partial charge in [-0.15, -0.1) is 11.3 Å². The molecule has 1 atom stereocenters. The molecular weight excluding hydrogens is 276 g/mol. The topological polar surface area (TPSA) is 24.9 Å². The summed E-state index contributed by atoms with van der Waals surface area (Å²) >= 11 is 1.94. The van der Waals surface area contributed by atoms with Crippen molar-refractivity contribution in [2.24, 2.45) is 0 Å². The van der Waals surface area contributed by atoms with Crippen LogP contribution in [-0.2, 0) is 12.8 Å². The maximum Gasteiger partial charge on any atom is 0.115 e. The quantitative estimate of drug-likeness (QED) is 0.916. The van der Waals surface area contributed by atoms with Gasteiger partial charge in [-0.3, -0.25) is 0 Å². The maximum atomic E-state index is 4.99. The van der Waals surface area contributed by atoms with Crippen LogP contribution in [0.25, 0.3) is 0 Å². The summed E-state index contributed by atoms with van der Waals surface area (Å²) in [4.78, 5) is 6.53. The fourth-order valence-electron chi connectivity index (χ4n) is 3.14. The second-order valence-corrected chi connectivity index (χ2v) is 7.53. The van der Waals surface area contributed by atoms with E-state index in [1.807, 2.05) is 11.3 Å². The number of benzene rings is 1. The third-order valence-corrected chi connectivity index (χ3v) is 5.69. The Morgan fingerprint density at radius 3 is 2.86 bits per heavy atom. The number of hydrogen-bond donors (Lipinski definition) is 1. The molecule has 0 amide bonds. The molecule has 0 spiro atoms. The molecule has 1 aromatic heterocycles. The first-order chi connectivity index (χ1) is 10.3. The van der Waals surface area contributed by atoms with E-state index in [0.717, 1.165) is 0 Å². The lowest BCUT2D eigenvalue weighted by Gasteiger charge is -2.17. The van der Waals surface area contributed by atoms with Crippen molar-refractivity contribution in [1.29, 1.82) is 0 Å². The molecule has 1 saturated carbocycles. The first-order valence-corrected chi connectivity index (χ1v) is 8.92. The van der Waals surface area contributed by atoms with E-state index in [1.165, 1.54) is 65.2 Å². The van der Waals surface area contributed by atoms with Crippen LogP contribution in [0.2, 0.25) is 0 Å². The van der Waals surface area contributed by atoms with Gasteiger partial charge in [-0.05, 0) is 51.0 Å². The molecule has 1 fully saturated rings. The van der Waals surface area contributed by atoms with Crippen LogP contribution in [0.15, 0.2) is 24.3 Å². The Morgan fingerprint density at radius 1 is 1.24 bits per heavy atom. The Kier molecular flexibility index (Phi) is 3.56. The monoisotopic (exact) mass is 298 g/mol. The summed E-state index contributed by atoms with van der Waals surface area (Å²) in [5, 5.41) is 5.09. The average molecular weight is 298 g/mol. The summed E-state index contributed by atoms with van der Waals surface area (Å²) < 4.78 is 0. The lowest BCUT2D eigenvalue weighted by Crippen LogP contribution is -2.24. The summed E-state index contributed by atoms with van der Waals surface area (Å²) in [6.07, 6.45) is 7.68. The number of aromatic nitrogens is 1. The Bertz CT molecular complexity index is 619.